The molecule has 1 aromatic carbocycles. The van der Waals surface area contributed by atoms with E-state index in [-0.39, 0.29) is 0 Å². The Hall–Kier alpha value is -0.900. The minimum absolute atomic E-state index is 0.396. The quantitative estimate of drug-likeness (QED) is 0.859. The fraction of sp³-hybridized carbons (Fsp3) is 0.438. The molecule has 1 saturated carbocycles. The van der Waals surface area contributed by atoms with Gasteiger partial charge in [-0.3, -0.25) is 0 Å². The van der Waals surface area contributed by atoms with Gasteiger partial charge >= 0.3 is 0 Å². The molecule has 0 amide bonds. The molecule has 1 aliphatic rings. The van der Waals surface area contributed by atoms with Crippen LogP contribution in [0.15, 0.2) is 35.8 Å². The largest absolute Gasteiger partial charge is 0.305 e. The summed E-state index contributed by atoms with van der Waals surface area (Å²) >= 11 is 8.00. The van der Waals surface area contributed by atoms with E-state index in [4.69, 9.17) is 11.6 Å². The average Bonchev–Trinajstić information content (AvgIpc) is 2.93. The Kier molecular flexibility index (Phi) is 4.39. The predicted octanol–water partition coefficient (Wildman–Crippen LogP) is 4.78. The van der Waals surface area contributed by atoms with Crippen LogP contribution < -0.4 is 5.32 Å². The van der Waals surface area contributed by atoms with Crippen molar-refractivity contribution in [2.24, 2.45) is 0 Å². The van der Waals surface area contributed by atoms with Gasteiger partial charge < -0.3 is 5.32 Å². The second-order valence-electron chi connectivity index (χ2n) is 5.38. The van der Waals surface area contributed by atoms with E-state index in [9.17, 15) is 0 Å². The van der Waals surface area contributed by atoms with Crippen molar-refractivity contribution < 1.29 is 0 Å². The number of halogens is 1. The Balaban J connectivity index is 1.57. The highest BCUT2D eigenvalue weighted by atomic mass is 35.5. The summed E-state index contributed by atoms with van der Waals surface area (Å²) in [6.07, 6.45) is 5.32. The van der Waals surface area contributed by atoms with Crippen molar-refractivity contribution in [3.63, 3.8) is 0 Å². The van der Waals surface area contributed by atoms with E-state index in [2.05, 4.69) is 29.4 Å². The lowest BCUT2D eigenvalue weighted by Gasteiger charge is -2.38. The molecule has 1 unspecified atom stereocenters. The van der Waals surface area contributed by atoms with Gasteiger partial charge in [0.2, 0.25) is 0 Å². The van der Waals surface area contributed by atoms with E-state index < -0.39 is 0 Å². The van der Waals surface area contributed by atoms with E-state index in [1.54, 1.807) is 11.3 Å². The zero-order valence-corrected chi connectivity index (χ0v) is 13.1. The van der Waals surface area contributed by atoms with Crippen molar-refractivity contribution >= 4 is 22.9 Å². The van der Waals surface area contributed by atoms with Gasteiger partial charge in [-0.05, 0) is 36.8 Å². The number of aromatic nitrogens is 1. The molecule has 106 valence electrons. The second-order valence-corrected chi connectivity index (χ2v) is 6.72. The Morgan fingerprint density at radius 1 is 1.40 bits per heavy atom. The fourth-order valence-corrected chi connectivity index (χ4v) is 3.94. The van der Waals surface area contributed by atoms with E-state index in [1.165, 1.54) is 23.4 Å². The molecule has 0 bridgehead atoms. The van der Waals surface area contributed by atoms with Gasteiger partial charge in [0.1, 0.15) is 5.01 Å². The topological polar surface area (TPSA) is 24.9 Å². The van der Waals surface area contributed by atoms with Gasteiger partial charge in [-0.1, -0.05) is 36.7 Å². The van der Waals surface area contributed by atoms with Crippen LogP contribution in [0.2, 0.25) is 5.02 Å². The summed E-state index contributed by atoms with van der Waals surface area (Å²) in [5.41, 5.74) is 1.30. The summed E-state index contributed by atoms with van der Waals surface area (Å²) in [6.45, 7) is 2.21. The number of nitrogens with zero attached hydrogens (tertiary/aromatic N) is 1. The molecule has 0 saturated heterocycles. The Morgan fingerprint density at radius 3 is 2.85 bits per heavy atom. The van der Waals surface area contributed by atoms with Gasteiger partial charge in [0.15, 0.2) is 0 Å². The predicted molar refractivity (Wildman–Crippen MR) is 85.5 cm³/mol. The highest BCUT2D eigenvalue weighted by Gasteiger charge is 2.32. The molecule has 1 fully saturated rings. The molecule has 2 nitrogen and oxygen atoms in total. The van der Waals surface area contributed by atoms with Crippen LogP contribution in [0.3, 0.4) is 0 Å². The van der Waals surface area contributed by atoms with Crippen LogP contribution in [0.25, 0.3) is 0 Å². The fourth-order valence-electron chi connectivity index (χ4n) is 2.87. The van der Waals surface area contributed by atoms with E-state index in [0.717, 1.165) is 11.4 Å². The van der Waals surface area contributed by atoms with Gasteiger partial charge in [-0.15, -0.1) is 11.3 Å². The first-order valence-electron chi connectivity index (χ1n) is 7.17. The average molecular weight is 307 g/mol. The first-order chi connectivity index (χ1) is 9.78. The highest BCUT2D eigenvalue weighted by Crippen LogP contribution is 2.41. The molecule has 1 N–H and O–H groups in total. The SMILES string of the molecule is CCC(NC1CC(c2ccccc2Cl)C1)c1nccs1. The number of nitrogens with one attached hydrogen (secondary N) is 1. The highest BCUT2D eigenvalue weighted by molar-refractivity contribution is 7.09. The smallest absolute Gasteiger partial charge is 0.109 e. The van der Waals surface area contributed by atoms with Crippen molar-refractivity contribution in [1.82, 2.24) is 10.3 Å². The van der Waals surface area contributed by atoms with Crippen LogP contribution in [0, 0.1) is 0 Å². The summed E-state index contributed by atoms with van der Waals surface area (Å²) in [6, 6.07) is 9.20. The number of hydrogen-bond acceptors (Lipinski definition) is 3. The van der Waals surface area contributed by atoms with Crippen molar-refractivity contribution in [3.8, 4) is 0 Å². The lowest BCUT2D eigenvalue weighted by Crippen LogP contribution is -2.42. The molecule has 0 spiro atoms. The number of benzene rings is 1. The van der Waals surface area contributed by atoms with Gasteiger partial charge in [-0.25, -0.2) is 4.98 Å². The number of hydrogen-bond donors (Lipinski definition) is 1. The van der Waals surface area contributed by atoms with Crippen molar-refractivity contribution in [2.75, 3.05) is 0 Å². The van der Waals surface area contributed by atoms with E-state index in [1.807, 2.05) is 23.7 Å². The summed E-state index contributed by atoms with van der Waals surface area (Å²) in [5, 5.41) is 7.89. The Morgan fingerprint density at radius 2 is 2.20 bits per heavy atom. The first kappa shape index (κ1) is 14.1. The maximum Gasteiger partial charge on any atom is 0.109 e. The molecule has 3 rings (SSSR count). The molecule has 1 heterocycles. The third-order valence-corrected chi connectivity index (χ3v) is 5.31. The molecular weight excluding hydrogens is 288 g/mol. The monoisotopic (exact) mass is 306 g/mol. The Labute approximate surface area is 129 Å². The van der Waals surface area contributed by atoms with Gasteiger partial charge in [-0.2, -0.15) is 0 Å². The van der Waals surface area contributed by atoms with Crippen LogP contribution in [0.1, 0.15) is 48.7 Å². The zero-order chi connectivity index (χ0) is 13.9. The van der Waals surface area contributed by atoms with Crippen LogP contribution in [-0.2, 0) is 0 Å². The summed E-state index contributed by atoms with van der Waals surface area (Å²) in [5.74, 6) is 0.606. The van der Waals surface area contributed by atoms with E-state index in [0.29, 0.717) is 18.0 Å². The number of thiazole rings is 1. The molecule has 1 atom stereocenters. The summed E-state index contributed by atoms with van der Waals surface area (Å²) in [7, 11) is 0. The van der Waals surface area contributed by atoms with Crippen molar-refractivity contribution in [1.29, 1.82) is 0 Å². The molecular formula is C16H19ClN2S. The molecule has 4 heteroatoms. The lowest BCUT2D eigenvalue weighted by atomic mass is 9.75. The first-order valence-corrected chi connectivity index (χ1v) is 8.43. The van der Waals surface area contributed by atoms with Crippen molar-refractivity contribution in [3.05, 3.63) is 51.4 Å². The third kappa shape index (κ3) is 2.90. The molecule has 2 aromatic rings. The van der Waals surface area contributed by atoms with Gasteiger partial charge in [0, 0.05) is 22.6 Å². The maximum atomic E-state index is 6.26. The molecule has 1 aliphatic carbocycles. The molecule has 1 aromatic heterocycles. The number of rotatable bonds is 5. The van der Waals surface area contributed by atoms with Crippen LogP contribution in [0.4, 0.5) is 0 Å². The lowest BCUT2D eigenvalue weighted by molar-refractivity contribution is 0.262. The molecule has 0 aliphatic heterocycles. The second kappa shape index (κ2) is 6.25. The molecule has 20 heavy (non-hydrogen) atoms. The zero-order valence-electron chi connectivity index (χ0n) is 11.6. The van der Waals surface area contributed by atoms with Gasteiger partial charge in [0.05, 0.1) is 6.04 Å². The Bertz CT molecular complexity index is 549. The van der Waals surface area contributed by atoms with Crippen LogP contribution in [-0.4, -0.2) is 11.0 Å². The van der Waals surface area contributed by atoms with E-state index >= 15 is 0 Å². The van der Waals surface area contributed by atoms with Crippen LogP contribution in [0.5, 0.6) is 0 Å². The summed E-state index contributed by atoms with van der Waals surface area (Å²) < 4.78 is 0. The molecule has 0 radical (unpaired) electrons. The maximum absolute atomic E-state index is 6.26. The minimum Gasteiger partial charge on any atom is -0.305 e. The normalized spacial score (nSPS) is 23.3. The minimum atomic E-state index is 0.396. The third-order valence-electron chi connectivity index (χ3n) is 4.08. The van der Waals surface area contributed by atoms with Gasteiger partial charge in [0.25, 0.3) is 0 Å². The summed E-state index contributed by atoms with van der Waals surface area (Å²) in [4.78, 5) is 4.43. The van der Waals surface area contributed by atoms with Crippen LogP contribution >= 0.6 is 22.9 Å². The standard InChI is InChI=1S/C16H19ClN2S/c1-2-15(16-18-7-8-20-16)19-12-9-11(10-12)13-5-3-4-6-14(13)17/h3-8,11-12,15,19H,2,9-10H2,1H3. The van der Waals surface area contributed by atoms with Crippen molar-refractivity contribution in [2.45, 2.75) is 44.2 Å².